The van der Waals surface area contributed by atoms with Crippen LogP contribution in [0.2, 0.25) is 0 Å². The van der Waals surface area contributed by atoms with Crippen molar-refractivity contribution in [2.45, 2.75) is 39.2 Å². The van der Waals surface area contributed by atoms with Crippen molar-refractivity contribution in [2.24, 2.45) is 4.99 Å². The van der Waals surface area contributed by atoms with Gasteiger partial charge in [0, 0.05) is 18.7 Å². The maximum atomic E-state index is 11.4. The lowest BCUT2D eigenvalue weighted by atomic mass is 9.98. The Morgan fingerprint density at radius 1 is 1.41 bits per heavy atom. The Labute approximate surface area is 130 Å². The highest BCUT2D eigenvalue weighted by Gasteiger charge is 2.28. The number of carboxylic acid groups (broad SMARTS) is 1. The first-order valence-corrected chi connectivity index (χ1v) is 7.43. The Morgan fingerprint density at radius 3 is 2.82 bits per heavy atom. The van der Waals surface area contributed by atoms with E-state index in [-0.39, 0.29) is 6.61 Å². The van der Waals surface area contributed by atoms with Crippen molar-refractivity contribution >= 4 is 11.9 Å². The fourth-order valence-corrected chi connectivity index (χ4v) is 2.27. The van der Waals surface area contributed by atoms with Gasteiger partial charge in [-0.3, -0.25) is 0 Å². The highest BCUT2D eigenvalue weighted by atomic mass is 16.5. The fraction of sp³-hybridized carbons (Fsp3) is 0.333. The molecule has 1 aromatic carbocycles. The lowest BCUT2D eigenvalue weighted by Gasteiger charge is -2.13. The van der Waals surface area contributed by atoms with Crippen LogP contribution in [-0.2, 0) is 11.3 Å². The standard InChI is InChI=1S/C18H21NO3/c1-3-4-5-11-19-13(2)22-12-17-15(14-9-10-14)7-6-8-16(17)18(20)21/h3-8,11,14H,9-10,12H2,1-2H3,(H,20,21)/b4-3+,11-5-,19-13+. The van der Waals surface area contributed by atoms with Gasteiger partial charge in [-0.05, 0) is 43.4 Å². The molecule has 0 spiro atoms. The quantitative estimate of drug-likeness (QED) is 0.484. The lowest BCUT2D eigenvalue weighted by Crippen LogP contribution is -2.09. The summed E-state index contributed by atoms with van der Waals surface area (Å²) in [6.45, 7) is 3.93. The average Bonchev–Trinajstić information content (AvgIpc) is 3.33. The third-order valence-corrected chi connectivity index (χ3v) is 3.53. The third kappa shape index (κ3) is 4.32. The molecule has 0 radical (unpaired) electrons. The second kappa shape index (κ2) is 7.59. The molecule has 0 unspecified atom stereocenters. The molecule has 0 bridgehead atoms. The summed E-state index contributed by atoms with van der Waals surface area (Å²) in [6.07, 6.45) is 9.49. The third-order valence-electron chi connectivity index (χ3n) is 3.53. The maximum Gasteiger partial charge on any atom is 0.336 e. The predicted octanol–water partition coefficient (Wildman–Crippen LogP) is 4.29. The van der Waals surface area contributed by atoms with Gasteiger partial charge in [0.2, 0.25) is 0 Å². The maximum absolute atomic E-state index is 11.4. The van der Waals surface area contributed by atoms with Crippen molar-refractivity contribution in [1.82, 2.24) is 0 Å². The topological polar surface area (TPSA) is 58.9 Å². The minimum absolute atomic E-state index is 0.237. The van der Waals surface area contributed by atoms with Gasteiger partial charge in [-0.15, -0.1) is 0 Å². The van der Waals surface area contributed by atoms with Crippen molar-refractivity contribution in [1.29, 1.82) is 0 Å². The molecule has 0 aromatic heterocycles. The molecule has 1 fully saturated rings. The number of benzene rings is 1. The Kier molecular flexibility index (Phi) is 5.53. The van der Waals surface area contributed by atoms with Crippen LogP contribution in [0, 0.1) is 0 Å². The van der Waals surface area contributed by atoms with Gasteiger partial charge in [-0.2, -0.15) is 0 Å². The van der Waals surface area contributed by atoms with Gasteiger partial charge in [0.25, 0.3) is 0 Å². The van der Waals surface area contributed by atoms with Crippen LogP contribution in [0.15, 0.2) is 47.6 Å². The van der Waals surface area contributed by atoms with Crippen LogP contribution < -0.4 is 0 Å². The molecule has 1 N–H and O–H groups in total. The van der Waals surface area contributed by atoms with Gasteiger partial charge in [-0.1, -0.05) is 24.3 Å². The molecule has 0 saturated heterocycles. The molecule has 1 aliphatic carbocycles. The van der Waals surface area contributed by atoms with Crippen molar-refractivity contribution in [3.63, 3.8) is 0 Å². The van der Waals surface area contributed by atoms with E-state index in [1.165, 1.54) is 0 Å². The summed E-state index contributed by atoms with van der Waals surface area (Å²) in [5, 5.41) is 9.35. The van der Waals surface area contributed by atoms with Crippen LogP contribution in [0.5, 0.6) is 0 Å². The zero-order valence-electron chi connectivity index (χ0n) is 13.0. The molecule has 1 aliphatic rings. The first-order valence-electron chi connectivity index (χ1n) is 7.43. The molecule has 1 saturated carbocycles. The van der Waals surface area contributed by atoms with E-state index in [1.54, 1.807) is 25.3 Å². The molecule has 22 heavy (non-hydrogen) atoms. The molecule has 0 heterocycles. The van der Waals surface area contributed by atoms with Crippen molar-refractivity contribution < 1.29 is 14.6 Å². The first kappa shape index (κ1) is 16.0. The molecular weight excluding hydrogens is 278 g/mol. The van der Waals surface area contributed by atoms with E-state index in [1.807, 2.05) is 31.2 Å². The van der Waals surface area contributed by atoms with Gasteiger partial charge in [0.15, 0.2) is 5.90 Å². The number of carboxylic acids is 1. The molecule has 4 nitrogen and oxygen atoms in total. The SMILES string of the molecule is C/C=C/C=C\N=C(/C)OCc1c(C(=O)O)cccc1C1CC1. The van der Waals surface area contributed by atoms with E-state index in [9.17, 15) is 9.90 Å². The molecule has 4 heteroatoms. The molecule has 0 aliphatic heterocycles. The number of rotatable bonds is 6. The van der Waals surface area contributed by atoms with E-state index in [0.717, 1.165) is 24.0 Å². The van der Waals surface area contributed by atoms with E-state index in [2.05, 4.69) is 4.99 Å². The minimum Gasteiger partial charge on any atom is -0.478 e. The summed E-state index contributed by atoms with van der Waals surface area (Å²) >= 11 is 0. The smallest absolute Gasteiger partial charge is 0.336 e. The van der Waals surface area contributed by atoms with Crippen molar-refractivity contribution in [2.75, 3.05) is 0 Å². The number of aliphatic imine (C=N–C) groups is 1. The summed E-state index contributed by atoms with van der Waals surface area (Å²) in [5.41, 5.74) is 2.18. The monoisotopic (exact) mass is 299 g/mol. The van der Waals surface area contributed by atoms with Gasteiger partial charge in [0.1, 0.15) is 6.61 Å². The van der Waals surface area contributed by atoms with Gasteiger partial charge in [0.05, 0.1) is 5.56 Å². The number of nitrogens with zero attached hydrogens (tertiary/aromatic N) is 1. The molecule has 0 atom stereocenters. The Hall–Kier alpha value is -2.36. The van der Waals surface area contributed by atoms with E-state index < -0.39 is 5.97 Å². The van der Waals surface area contributed by atoms with Gasteiger partial charge < -0.3 is 9.84 Å². The summed E-state index contributed by atoms with van der Waals surface area (Å²) in [6, 6.07) is 5.44. The van der Waals surface area contributed by atoms with E-state index >= 15 is 0 Å². The number of hydrogen-bond donors (Lipinski definition) is 1. The number of aromatic carboxylic acids is 1. The predicted molar refractivity (Wildman–Crippen MR) is 87.2 cm³/mol. The summed E-state index contributed by atoms with van der Waals surface area (Å²) in [5.74, 6) is 0.0797. The zero-order chi connectivity index (χ0) is 15.9. The lowest BCUT2D eigenvalue weighted by molar-refractivity contribution is 0.0693. The summed E-state index contributed by atoms with van der Waals surface area (Å²) in [4.78, 5) is 15.6. The summed E-state index contributed by atoms with van der Waals surface area (Å²) < 4.78 is 5.63. The van der Waals surface area contributed by atoms with E-state index in [0.29, 0.717) is 17.4 Å². The van der Waals surface area contributed by atoms with Gasteiger partial charge >= 0.3 is 5.97 Å². The van der Waals surface area contributed by atoms with E-state index in [4.69, 9.17) is 4.74 Å². The Balaban J connectivity index is 2.13. The number of carbonyl (C=O) groups is 1. The number of ether oxygens (including phenoxy) is 1. The van der Waals surface area contributed by atoms with Crippen molar-refractivity contribution in [3.8, 4) is 0 Å². The van der Waals surface area contributed by atoms with Crippen LogP contribution in [-0.4, -0.2) is 17.0 Å². The zero-order valence-corrected chi connectivity index (χ0v) is 13.0. The molecular formula is C18H21NO3. The minimum atomic E-state index is -0.913. The number of allylic oxidation sites excluding steroid dienone is 3. The highest BCUT2D eigenvalue weighted by molar-refractivity contribution is 5.90. The van der Waals surface area contributed by atoms with Gasteiger partial charge in [-0.25, -0.2) is 9.79 Å². The fourth-order valence-electron chi connectivity index (χ4n) is 2.27. The van der Waals surface area contributed by atoms with Crippen molar-refractivity contribution in [3.05, 3.63) is 59.3 Å². The largest absolute Gasteiger partial charge is 0.478 e. The molecule has 2 rings (SSSR count). The normalized spacial score (nSPS) is 15.6. The second-order valence-corrected chi connectivity index (χ2v) is 5.26. The Bertz CT molecular complexity index is 625. The molecule has 0 amide bonds. The Morgan fingerprint density at radius 2 is 2.18 bits per heavy atom. The number of hydrogen-bond acceptors (Lipinski definition) is 3. The van der Waals surface area contributed by atoms with Crippen LogP contribution in [0.25, 0.3) is 0 Å². The van der Waals surface area contributed by atoms with Crippen LogP contribution >= 0.6 is 0 Å². The van der Waals surface area contributed by atoms with Crippen LogP contribution in [0.4, 0.5) is 0 Å². The van der Waals surface area contributed by atoms with Crippen LogP contribution in [0.3, 0.4) is 0 Å². The molecule has 116 valence electrons. The first-order chi connectivity index (χ1) is 10.6. The highest BCUT2D eigenvalue weighted by Crippen LogP contribution is 2.42. The molecule has 1 aromatic rings. The second-order valence-electron chi connectivity index (χ2n) is 5.26. The summed E-state index contributed by atoms with van der Waals surface area (Å²) in [7, 11) is 0. The average molecular weight is 299 g/mol. The van der Waals surface area contributed by atoms with Crippen LogP contribution in [0.1, 0.15) is 54.1 Å².